The average molecular weight is 353 g/mol. The van der Waals surface area contributed by atoms with E-state index in [-0.39, 0.29) is 0 Å². The molecule has 0 aliphatic rings. The van der Waals surface area contributed by atoms with Crippen LogP contribution < -0.4 is 15.3 Å². The Bertz CT molecular complexity index is 363. The third-order valence-electron chi connectivity index (χ3n) is 1.50. The van der Waals surface area contributed by atoms with E-state index < -0.39 is 28.4 Å². The van der Waals surface area contributed by atoms with Crippen LogP contribution in [-0.4, -0.2) is 20.8 Å². The maximum atomic E-state index is 12.8. The molecule has 0 unspecified atom stereocenters. The number of carbonyl (C=O) groups excluding carboxylic acids is 1. The molecule has 114 valence electrons. The Balaban J connectivity index is 5.19. The molecule has 0 aromatic heterocycles. The Kier molecular flexibility index (Phi) is 6.24. The van der Waals surface area contributed by atoms with Crippen molar-refractivity contribution in [1.29, 1.82) is 0 Å². The molecule has 9 heteroatoms. The molecule has 0 rings (SSSR count). The van der Waals surface area contributed by atoms with Gasteiger partial charge in [0.05, 0.1) is 0 Å². The van der Waals surface area contributed by atoms with Gasteiger partial charge in [-0.3, -0.25) is 14.4 Å². The molecule has 0 aromatic carbocycles. The summed E-state index contributed by atoms with van der Waals surface area (Å²) in [7, 11) is -3.47. The molecule has 5 nitrogen and oxygen atoms in total. The number of carbonyl (C=O) groups is 1. The topological polar surface area (TPSA) is 70.2 Å². The first-order valence-electron chi connectivity index (χ1n) is 5.62. The van der Waals surface area contributed by atoms with Gasteiger partial charge >= 0.3 is 7.59 Å². The molecule has 0 bridgehead atoms. The highest BCUT2D eigenvalue weighted by Crippen LogP contribution is 2.39. The minimum absolute atomic E-state index is 0.505. The maximum absolute atomic E-state index is 12.8. The van der Waals surface area contributed by atoms with Gasteiger partial charge in [0.15, 0.2) is 0 Å². The van der Waals surface area contributed by atoms with Crippen LogP contribution in [0.3, 0.4) is 0 Å². The molecule has 0 aromatic rings. The zero-order chi connectivity index (χ0) is 15.7. The van der Waals surface area contributed by atoms with Gasteiger partial charge in [0.1, 0.15) is 0 Å². The van der Waals surface area contributed by atoms with Crippen molar-refractivity contribution in [3.63, 3.8) is 0 Å². The van der Waals surface area contributed by atoms with Crippen LogP contribution in [0.25, 0.3) is 0 Å². The van der Waals surface area contributed by atoms with Gasteiger partial charge in [-0.2, -0.15) is 0 Å². The minimum atomic E-state index is -3.47. The van der Waals surface area contributed by atoms with Gasteiger partial charge in [0.25, 0.3) is 9.70 Å². The molecule has 0 spiro atoms. The highest BCUT2D eigenvalue weighted by Gasteiger charge is 2.39. The molecular weight excluding hydrogens is 331 g/mol. The summed E-state index contributed by atoms with van der Waals surface area (Å²) in [5, 5.41) is 7.90. The van der Waals surface area contributed by atoms with Crippen LogP contribution >= 0.6 is 42.4 Å². The van der Waals surface area contributed by atoms with Crippen molar-refractivity contribution in [3.05, 3.63) is 0 Å². The summed E-state index contributed by atoms with van der Waals surface area (Å²) in [6.45, 7) is 10.9. The molecule has 0 saturated heterocycles. The molecule has 0 saturated carbocycles. The fourth-order valence-corrected chi connectivity index (χ4v) is 4.09. The fourth-order valence-electron chi connectivity index (χ4n) is 1.23. The van der Waals surface area contributed by atoms with Crippen molar-refractivity contribution in [2.45, 2.75) is 56.4 Å². The zero-order valence-corrected chi connectivity index (χ0v) is 15.1. The predicted molar refractivity (Wildman–Crippen MR) is 81.8 cm³/mol. The summed E-state index contributed by atoms with van der Waals surface area (Å²) in [6.07, 6.45) is 0. The van der Waals surface area contributed by atoms with Crippen LogP contribution in [0.2, 0.25) is 0 Å². The van der Waals surface area contributed by atoms with Gasteiger partial charge in [0.2, 0.25) is 0 Å². The fraction of sp³-hybridized carbons (Fsp3) is 0.900. The lowest BCUT2D eigenvalue weighted by atomic mass is 10.1. The summed E-state index contributed by atoms with van der Waals surface area (Å²) in [6, 6.07) is 0. The quantitative estimate of drug-likeness (QED) is 0.538. The third-order valence-corrected chi connectivity index (χ3v) is 4.51. The lowest BCUT2D eigenvalue weighted by molar-refractivity contribution is -0.118. The van der Waals surface area contributed by atoms with E-state index in [0.717, 1.165) is 0 Å². The molecule has 19 heavy (non-hydrogen) atoms. The summed E-state index contributed by atoms with van der Waals surface area (Å²) in [5.41, 5.74) is -1.01. The number of alkyl halides is 3. The summed E-state index contributed by atoms with van der Waals surface area (Å²) in [4.78, 5) is 11.7. The molecule has 0 radical (unpaired) electrons. The molecule has 0 aliphatic carbocycles. The van der Waals surface area contributed by atoms with E-state index in [1.54, 1.807) is 0 Å². The molecular formula is C10H21Cl3N3O2P. The lowest BCUT2D eigenvalue weighted by Crippen LogP contribution is -2.50. The van der Waals surface area contributed by atoms with Crippen LogP contribution in [0.1, 0.15) is 41.5 Å². The highest BCUT2D eigenvalue weighted by molar-refractivity contribution is 7.58. The summed E-state index contributed by atoms with van der Waals surface area (Å²) < 4.78 is 10.6. The van der Waals surface area contributed by atoms with Gasteiger partial charge in [-0.1, -0.05) is 34.8 Å². The molecule has 3 N–H and O–H groups in total. The number of hydrogen-bond donors (Lipinski definition) is 3. The number of nitrogens with one attached hydrogen (secondary N) is 3. The molecule has 0 heterocycles. The smallest absolute Gasteiger partial charge is 0.279 e. The highest BCUT2D eigenvalue weighted by atomic mass is 35.6. The van der Waals surface area contributed by atoms with Crippen LogP contribution in [0.15, 0.2) is 0 Å². The van der Waals surface area contributed by atoms with Crippen molar-refractivity contribution in [2.24, 2.45) is 0 Å². The molecule has 0 atom stereocenters. The van der Waals surface area contributed by atoms with E-state index in [4.69, 9.17) is 34.8 Å². The van der Waals surface area contributed by atoms with Gasteiger partial charge in [-0.15, -0.1) is 0 Å². The number of halogens is 3. The first kappa shape index (κ1) is 19.5. The van der Waals surface area contributed by atoms with Crippen LogP contribution in [0.5, 0.6) is 0 Å². The third kappa shape index (κ3) is 9.11. The largest absolute Gasteiger partial charge is 0.306 e. The van der Waals surface area contributed by atoms with E-state index in [2.05, 4.69) is 15.3 Å². The van der Waals surface area contributed by atoms with Gasteiger partial charge in [-0.05, 0) is 41.5 Å². The van der Waals surface area contributed by atoms with Crippen molar-refractivity contribution < 1.29 is 9.36 Å². The molecule has 1 amide bonds. The second kappa shape index (κ2) is 6.08. The lowest BCUT2D eigenvalue weighted by Gasteiger charge is -2.34. The van der Waals surface area contributed by atoms with E-state index in [0.29, 0.717) is 0 Å². The maximum Gasteiger partial charge on any atom is 0.306 e. The average Bonchev–Trinajstić information content (AvgIpc) is 1.91. The first-order valence-corrected chi connectivity index (χ1v) is 8.47. The second-order valence-corrected chi connectivity index (χ2v) is 10.4. The second-order valence-electron chi connectivity index (χ2n) is 6.27. The summed E-state index contributed by atoms with van der Waals surface area (Å²) >= 11 is 16.4. The molecule has 0 fully saturated rings. The van der Waals surface area contributed by atoms with E-state index in [9.17, 15) is 9.36 Å². The van der Waals surface area contributed by atoms with Gasteiger partial charge in [-0.25, -0.2) is 10.2 Å². The normalized spacial score (nSPS) is 14.4. The van der Waals surface area contributed by atoms with E-state index >= 15 is 0 Å². The minimum Gasteiger partial charge on any atom is -0.279 e. The Labute approximate surface area is 129 Å². The number of amides is 1. The first-order chi connectivity index (χ1) is 8.04. The van der Waals surface area contributed by atoms with Crippen LogP contribution in [0.4, 0.5) is 0 Å². The van der Waals surface area contributed by atoms with Crippen molar-refractivity contribution in [3.8, 4) is 0 Å². The van der Waals surface area contributed by atoms with E-state index in [1.165, 1.54) is 0 Å². The van der Waals surface area contributed by atoms with E-state index in [1.807, 2.05) is 41.5 Å². The number of hydrogen-bond acceptors (Lipinski definition) is 2. The standard InChI is InChI=1S/C10H21Cl3N3O2P/c1-8(2,3)15-19(18,16-9(4,5)6)14-7(17)10(11,12)13/h1-6H3,(H3,14,15,16,17,18). The molecule has 0 aliphatic heterocycles. The van der Waals surface area contributed by atoms with Crippen molar-refractivity contribution >= 4 is 48.3 Å². The van der Waals surface area contributed by atoms with Gasteiger partial charge < -0.3 is 0 Å². The van der Waals surface area contributed by atoms with Crippen molar-refractivity contribution in [1.82, 2.24) is 15.3 Å². The van der Waals surface area contributed by atoms with Crippen LogP contribution in [0, 0.1) is 0 Å². The Morgan fingerprint density at radius 2 is 1.21 bits per heavy atom. The predicted octanol–water partition coefficient (Wildman–Crippen LogP) is 3.36. The SMILES string of the molecule is CC(C)(C)NP(=O)(NC(=O)C(Cl)(Cl)Cl)NC(C)(C)C. The Morgan fingerprint density at radius 3 is 1.42 bits per heavy atom. The number of rotatable bonds is 3. The summed E-state index contributed by atoms with van der Waals surface area (Å²) in [5.74, 6) is -0.950. The monoisotopic (exact) mass is 351 g/mol. The Hall–Kier alpha value is 0.490. The van der Waals surface area contributed by atoms with Gasteiger partial charge in [0, 0.05) is 11.1 Å². The zero-order valence-electron chi connectivity index (χ0n) is 11.9. The van der Waals surface area contributed by atoms with Crippen LogP contribution in [-0.2, 0) is 9.36 Å². The van der Waals surface area contributed by atoms with Crippen molar-refractivity contribution in [2.75, 3.05) is 0 Å². The Morgan fingerprint density at radius 1 is 0.895 bits per heavy atom.